The van der Waals surface area contributed by atoms with Gasteiger partial charge in [-0.2, -0.15) is 0 Å². The SMILES string of the molecule is NCCCCCN1C=Nc2ccccc2S1(=O)=O. The highest BCUT2D eigenvalue weighted by Gasteiger charge is 2.27. The van der Waals surface area contributed by atoms with Crippen LogP contribution < -0.4 is 5.73 Å². The van der Waals surface area contributed by atoms with Crippen molar-refractivity contribution in [2.45, 2.75) is 24.2 Å². The van der Waals surface area contributed by atoms with Crippen molar-refractivity contribution < 1.29 is 8.42 Å². The zero-order valence-corrected chi connectivity index (χ0v) is 10.9. The molecule has 98 valence electrons. The fraction of sp³-hybridized carbons (Fsp3) is 0.417. The molecule has 0 aromatic heterocycles. The van der Waals surface area contributed by atoms with E-state index >= 15 is 0 Å². The maximum absolute atomic E-state index is 12.3. The quantitative estimate of drug-likeness (QED) is 0.821. The lowest BCUT2D eigenvalue weighted by Gasteiger charge is -2.23. The van der Waals surface area contributed by atoms with Crippen molar-refractivity contribution in [2.24, 2.45) is 10.7 Å². The number of benzene rings is 1. The van der Waals surface area contributed by atoms with E-state index in [0.29, 0.717) is 18.8 Å². The monoisotopic (exact) mass is 267 g/mol. The number of nitrogens with zero attached hydrogens (tertiary/aromatic N) is 2. The summed E-state index contributed by atoms with van der Waals surface area (Å²) in [4.78, 5) is 4.45. The number of nitrogens with two attached hydrogens (primary N) is 1. The van der Waals surface area contributed by atoms with Gasteiger partial charge in [0, 0.05) is 6.54 Å². The molecule has 0 fully saturated rings. The van der Waals surface area contributed by atoms with Crippen molar-refractivity contribution in [3.8, 4) is 0 Å². The number of unbranched alkanes of at least 4 members (excludes halogenated alkanes) is 2. The molecule has 0 radical (unpaired) electrons. The molecule has 0 amide bonds. The van der Waals surface area contributed by atoms with Crippen LogP contribution in [0.4, 0.5) is 5.69 Å². The number of para-hydroxylation sites is 1. The Hall–Kier alpha value is -1.40. The van der Waals surface area contributed by atoms with Gasteiger partial charge < -0.3 is 5.73 Å². The molecule has 0 spiro atoms. The molecule has 5 nitrogen and oxygen atoms in total. The molecule has 1 heterocycles. The molecule has 0 saturated heterocycles. The van der Waals surface area contributed by atoms with Crippen LogP contribution in [-0.4, -0.2) is 32.2 Å². The molecule has 6 heteroatoms. The summed E-state index contributed by atoms with van der Waals surface area (Å²) in [7, 11) is -3.42. The predicted octanol–water partition coefficient (Wildman–Crippen LogP) is 1.48. The van der Waals surface area contributed by atoms with Gasteiger partial charge in [0.15, 0.2) is 0 Å². The van der Waals surface area contributed by atoms with E-state index in [-0.39, 0.29) is 4.90 Å². The topological polar surface area (TPSA) is 75.8 Å². The van der Waals surface area contributed by atoms with E-state index in [2.05, 4.69) is 4.99 Å². The van der Waals surface area contributed by atoms with Gasteiger partial charge in [-0.3, -0.25) is 4.31 Å². The zero-order chi connectivity index (χ0) is 13.0. The maximum Gasteiger partial charge on any atom is 0.267 e. The van der Waals surface area contributed by atoms with Crippen LogP contribution in [0.2, 0.25) is 0 Å². The van der Waals surface area contributed by atoms with Gasteiger partial charge in [0.1, 0.15) is 11.2 Å². The summed E-state index contributed by atoms with van der Waals surface area (Å²) in [5, 5.41) is 0. The van der Waals surface area contributed by atoms with E-state index < -0.39 is 10.0 Å². The summed E-state index contributed by atoms with van der Waals surface area (Å²) in [6.07, 6.45) is 4.05. The van der Waals surface area contributed by atoms with Crippen LogP contribution in [-0.2, 0) is 10.0 Å². The van der Waals surface area contributed by atoms with E-state index in [1.165, 1.54) is 10.6 Å². The molecule has 0 bridgehead atoms. The van der Waals surface area contributed by atoms with E-state index in [4.69, 9.17) is 5.73 Å². The summed E-state index contributed by atoms with van der Waals surface area (Å²) >= 11 is 0. The highest BCUT2D eigenvalue weighted by Crippen LogP contribution is 2.29. The first-order valence-corrected chi connectivity index (χ1v) is 7.45. The molecule has 0 aliphatic carbocycles. The van der Waals surface area contributed by atoms with Gasteiger partial charge in [-0.15, -0.1) is 0 Å². The molecular formula is C12H17N3O2S. The standard InChI is InChI=1S/C12H17N3O2S/c13-8-4-1-5-9-15-10-14-11-6-2-3-7-12(11)18(15,16)17/h2-3,6-7,10H,1,4-5,8-9,13H2. The van der Waals surface area contributed by atoms with Crippen LogP contribution >= 0.6 is 0 Å². The van der Waals surface area contributed by atoms with Gasteiger partial charge in [-0.25, -0.2) is 13.4 Å². The molecule has 0 saturated carbocycles. The Morgan fingerprint density at radius 1 is 1.17 bits per heavy atom. The van der Waals surface area contributed by atoms with Gasteiger partial charge in [0.25, 0.3) is 10.0 Å². The van der Waals surface area contributed by atoms with Gasteiger partial charge in [0.2, 0.25) is 0 Å². The van der Waals surface area contributed by atoms with Crippen LogP contribution in [0.3, 0.4) is 0 Å². The first-order valence-electron chi connectivity index (χ1n) is 6.01. The molecule has 2 rings (SSSR count). The first kappa shape index (κ1) is 13.0. The van der Waals surface area contributed by atoms with Crippen molar-refractivity contribution in [1.82, 2.24) is 4.31 Å². The number of fused-ring (bicyclic) bond motifs is 1. The predicted molar refractivity (Wildman–Crippen MR) is 71.4 cm³/mol. The zero-order valence-electron chi connectivity index (χ0n) is 10.1. The maximum atomic E-state index is 12.3. The van der Waals surface area contributed by atoms with Crippen LogP contribution in [0.25, 0.3) is 0 Å². The van der Waals surface area contributed by atoms with E-state index in [9.17, 15) is 8.42 Å². The molecule has 1 aliphatic heterocycles. The second-order valence-electron chi connectivity index (χ2n) is 4.18. The fourth-order valence-corrected chi connectivity index (χ4v) is 3.29. The number of aliphatic imine (C=N–C) groups is 1. The third kappa shape index (κ3) is 2.54. The third-order valence-electron chi connectivity index (χ3n) is 2.86. The summed E-state index contributed by atoms with van der Waals surface area (Å²) < 4.78 is 25.9. The highest BCUT2D eigenvalue weighted by atomic mass is 32.2. The molecular weight excluding hydrogens is 250 g/mol. The lowest BCUT2D eigenvalue weighted by atomic mass is 10.2. The summed E-state index contributed by atoms with van der Waals surface area (Å²) in [6, 6.07) is 6.79. The van der Waals surface area contributed by atoms with Crippen molar-refractivity contribution in [3.05, 3.63) is 24.3 Å². The summed E-state index contributed by atoms with van der Waals surface area (Å²) in [5.74, 6) is 0. The Kier molecular flexibility index (Phi) is 3.98. The third-order valence-corrected chi connectivity index (χ3v) is 4.66. The van der Waals surface area contributed by atoms with Crippen molar-refractivity contribution in [1.29, 1.82) is 0 Å². The van der Waals surface area contributed by atoms with Crippen LogP contribution in [0.15, 0.2) is 34.2 Å². The highest BCUT2D eigenvalue weighted by molar-refractivity contribution is 7.89. The minimum absolute atomic E-state index is 0.284. The number of hydrogen-bond acceptors (Lipinski definition) is 4. The molecule has 1 aromatic carbocycles. The van der Waals surface area contributed by atoms with Gasteiger partial charge >= 0.3 is 0 Å². The summed E-state index contributed by atoms with van der Waals surface area (Å²) in [5.41, 5.74) is 5.92. The minimum Gasteiger partial charge on any atom is -0.330 e. The Balaban J connectivity index is 2.13. The Morgan fingerprint density at radius 2 is 1.94 bits per heavy atom. The average Bonchev–Trinajstić information content (AvgIpc) is 2.37. The van der Waals surface area contributed by atoms with Gasteiger partial charge in [-0.05, 0) is 31.5 Å². The van der Waals surface area contributed by atoms with Crippen LogP contribution in [0.5, 0.6) is 0 Å². The lowest BCUT2D eigenvalue weighted by Crippen LogP contribution is -2.32. The molecule has 1 aromatic rings. The van der Waals surface area contributed by atoms with Crippen molar-refractivity contribution >= 4 is 22.0 Å². The normalized spacial score (nSPS) is 16.6. The smallest absolute Gasteiger partial charge is 0.267 e. The van der Waals surface area contributed by atoms with Crippen molar-refractivity contribution in [3.63, 3.8) is 0 Å². The molecule has 0 unspecified atom stereocenters. The van der Waals surface area contributed by atoms with Gasteiger partial charge in [0.05, 0.1) is 5.69 Å². The largest absolute Gasteiger partial charge is 0.330 e. The van der Waals surface area contributed by atoms with Crippen molar-refractivity contribution in [2.75, 3.05) is 13.1 Å². The molecule has 1 aliphatic rings. The fourth-order valence-electron chi connectivity index (χ4n) is 1.86. The number of hydrogen-bond donors (Lipinski definition) is 1. The Labute approximate surface area is 107 Å². The molecule has 18 heavy (non-hydrogen) atoms. The van der Waals surface area contributed by atoms with E-state index in [1.54, 1.807) is 24.3 Å². The summed E-state index contributed by atoms with van der Waals surface area (Å²) in [6.45, 7) is 1.10. The molecule has 0 atom stereocenters. The van der Waals surface area contributed by atoms with Gasteiger partial charge in [-0.1, -0.05) is 18.6 Å². The number of sulfonamides is 1. The minimum atomic E-state index is -3.42. The number of rotatable bonds is 5. The molecule has 2 N–H and O–H groups in total. The average molecular weight is 267 g/mol. The van der Waals surface area contributed by atoms with E-state index in [0.717, 1.165) is 19.3 Å². The first-order chi connectivity index (χ1) is 8.66. The van der Waals surface area contributed by atoms with E-state index in [1.807, 2.05) is 0 Å². The van der Waals surface area contributed by atoms with Crippen LogP contribution in [0, 0.1) is 0 Å². The Bertz CT molecular complexity index is 540. The Morgan fingerprint density at radius 3 is 2.72 bits per heavy atom. The lowest BCUT2D eigenvalue weighted by molar-refractivity contribution is 0.506. The van der Waals surface area contributed by atoms with Crippen LogP contribution in [0.1, 0.15) is 19.3 Å². The second-order valence-corrected chi connectivity index (χ2v) is 6.04. The second kappa shape index (κ2) is 5.49.